The summed E-state index contributed by atoms with van der Waals surface area (Å²) in [5.41, 5.74) is 0.958. The van der Waals surface area contributed by atoms with Gasteiger partial charge in [0.2, 0.25) is 0 Å². The fourth-order valence-electron chi connectivity index (χ4n) is 1.47. The van der Waals surface area contributed by atoms with E-state index in [2.05, 4.69) is 10.3 Å². The van der Waals surface area contributed by atoms with Gasteiger partial charge in [0.15, 0.2) is 0 Å². The number of hydrogen-bond acceptors (Lipinski definition) is 4. The second-order valence-electron chi connectivity index (χ2n) is 3.86. The molecule has 94 valence electrons. The first kappa shape index (κ1) is 12.5. The number of nitrogens with zero attached hydrogens (tertiary/aromatic N) is 2. The molecule has 1 amide bonds. The summed E-state index contributed by atoms with van der Waals surface area (Å²) >= 11 is 1.41. The van der Waals surface area contributed by atoms with Gasteiger partial charge in [-0.05, 0) is 23.9 Å². The molecule has 2 aromatic heterocycles. The number of amides is 1. The molecule has 2 aromatic rings. The molecule has 2 rings (SSSR count). The van der Waals surface area contributed by atoms with Crippen LogP contribution in [0.1, 0.15) is 15.2 Å². The predicted octanol–water partition coefficient (Wildman–Crippen LogP) is 1.04. The van der Waals surface area contributed by atoms with E-state index >= 15 is 0 Å². The molecule has 0 bridgehead atoms. The molecule has 0 saturated heterocycles. The number of rotatable bonds is 4. The molecule has 0 saturated carbocycles. The molecule has 0 atom stereocenters. The maximum Gasteiger partial charge on any atom is 0.261 e. The summed E-state index contributed by atoms with van der Waals surface area (Å²) in [7, 11) is 0. The van der Waals surface area contributed by atoms with Gasteiger partial charge in [0.05, 0.1) is 11.2 Å². The molecule has 0 aliphatic rings. The number of carbonyl (C=O) groups is 1. The van der Waals surface area contributed by atoms with Crippen LogP contribution in [-0.4, -0.2) is 22.0 Å². The van der Waals surface area contributed by atoms with Crippen LogP contribution in [-0.2, 0) is 6.54 Å². The van der Waals surface area contributed by atoms with Gasteiger partial charge in [-0.15, -0.1) is 11.3 Å². The molecule has 0 fully saturated rings. The van der Waals surface area contributed by atoms with E-state index in [1.54, 1.807) is 0 Å². The Balaban J connectivity index is 1.88. The molecule has 0 aliphatic heterocycles. The zero-order valence-corrected chi connectivity index (χ0v) is 10.7. The lowest BCUT2D eigenvalue weighted by molar-refractivity contribution is 0.0956. The van der Waals surface area contributed by atoms with E-state index in [1.165, 1.54) is 34.5 Å². The van der Waals surface area contributed by atoms with Crippen LogP contribution in [0.15, 0.2) is 34.8 Å². The summed E-state index contributed by atoms with van der Waals surface area (Å²) < 4.78 is 1.46. The fourth-order valence-corrected chi connectivity index (χ4v) is 2.29. The van der Waals surface area contributed by atoms with Crippen molar-refractivity contribution < 1.29 is 4.79 Å². The van der Waals surface area contributed by atoms with E-state index in [0.29, 0.717) is 18.0 Å². The Labute approximate surface area is 108 Å². The summed E-state index contributed by atoms with van der Waals surface area (Å²) in [5, 5.41) is 4.70. The van der Waals surface area contributed by atoms with Crippen molar-refractivity contribution in [2.45, 2.75) is 13.5 Å². The van der Waals surface area contributed by atoms with E-state index in [9.17, 15) is 9.59 Å². The van der Waals surface area contributed by atoms with Gasteiger partial charge >= 0.3 is 0 Å². The van der Waals surface area contributed by atoms with E-state index in [-0.39, 0.29) is 11.5 Å². The second kappa shape index (κ2) is 5.59. The Morgan fingerprint density at radius 1 is 1.56 bits per heavy atom. The Kier molecular flexibility index (Phi) is 3.88. The maximum atomic E-state index is 11.7. The van der Waals surface area contributed by atoms with Crippen LogP contribution < -0.4 is 10.9 Å². The van der Waals surface area contributed by atoms with E-state index < -0.39 is 0 Å². The minimum atomic E-state index is -0.119. The number of aromatic nitrogens is 2. The van der Waals surface area contributed by atoms with Crippen LogP contribution in [0.2, 0.25) is 0 Å². The summed E-state index contributed by atoms with van der Waals surface area (Å²) in [6, 6.07) is 3.24. The topological polar surface area (TPSA) is 64.0 Å². The average Bonchev–Trinajstić information content (AvgIpc) is 2.78. The molecule has 0 unspecified atom stereocenters. The number of carbonyl (C=O) groups excluding carboxylic acids is 1. The first-order valence-electron chi connectivity index (χ1n) is 5.50. The van der Waals surface area contributed by atoms with Gasteiger partial charge in [-0.25, -0.2) is 4.98 Å². The van der Waals surface area contributed by atoms with Crippen molar-refractivity contribution in [2.75, 3.05) is 6.54 Å². The standard InChI is InChI=1S/C12H13N3O2S/c1-9-6-10(18-7-9)12(17)14-4-5-15-8-13-3-2-11(15)16/h2-3,6-8H,4-5H2,1H3,(H,14,17). The summed E-state index contributed by atoms with van der Waals surface area (Å²) in [5.74, 6) is -0.106. The van der Waals surface area contributed by atoms with Crippen LogP contribution >= 0.6 is 11.3 Å². The molecule has 0 aromatic carbocycles. The molecule has 0 radical (unpaired) electrons. The van der Waals surface area contributed by atoms with Gasteiger partial charge in [-0.2, -0.15) is 0 Å². The van der Waals surface area contributed by atoms with E-state index in [0.717, 1.165) is 5.56 Å². The van der Waals surface area contributed by atoms with Gasteiger partial charge in [0.1, 0.15) is 0 Å². The van der Waals surface area contributed by atoms with Crippen molar-refractivity contribution in [1.29, 1.82) is 0 Å². The van der Waals surface area contributed by atoms with Gasteiger partial charge in [0.25, 0.3) is 11.5 Å². The number of thiophene rings is 1. The van der Waals surface area contributed by atoms with Crippen LogP contribution in [0, 0.1) is 6.92 Å². The molecule has 1 N–H and O–H groups in total. The maximum absolute atomic E-state index is 11.7. The van der Waals surface area contributed by atoms with Gasteiger partial charge in [0, 0.05) is 25.4 Å². The minimum Gasteiger partial charge on any atom is -0.350 e. The smallest absolute Gasteiger partial charge is 0.261 e. The van der Waals surface area contributed by atoms with Crippen LogP contribution in [0.25, 0.3) is 0 Å². The molecule has 6 heteroatoms. The Morgan fingerprint density at radius 2 is 2.39 bits per heavy atom. The number of aryl methyl sites for hydroxylation is 1. The number of hydrogen-bond donors (Lipinski definition) is 1. The molecule has 0 spiro atoms. The first-order chi connectivity index (χ1) is 8.66. The highest BCUT2D eigenvalue weighted by atomic mass is 32.1. The molecular formula is C12H13N3O2S. The lowest BCUT2D eigenvalue weighted by atomic mass is 10.3. The lowest BCUT2D eigenvalue weighted by Gasteiger charge is -2.05. The highest BCUT2D eigenvalue weighted by Crippen LogP contribution is 2.12. The summed E-state index contributed by atoms with van der Waals surface area (Å²) in [4.78, 5) is 27.7. The van der Waals surface area contributed by atoms with Crippen LogP contribution in [0.4, 0.5) is 0 Å². The van der Waals surface area contributed by atoms with Crippen molar-refractivity contribution in [2.24, 2.45) is 0 Å². The zero-order valence-electron chi connectivity index (χ0n) is 9.92. The first-order valence-corrected chi connectivity index (χ1v) is 6.38. The molecule has 5 nitrogen and oxygen atoms in total. The van der Waals surface area contributed by atoms with Crippen molar-refractivity contribution in [3.63, 3.8) is 0 Å². The molecule has 18 heavy (non-hydrogen) atoms. The Hall–Kier alpha value is -1.95. The minimum absolute atomic E-state index is 0.106. The zero-order chi connectivity index (χ0) is 13.0. The molecule has 2 heterocycles. The highest BCUT2D eigenvalue weighted by Gasteiger charge is 2.06. The second-order valence-corrected chi connectivity index (χ2v) is 4.77. The third kappa shape index (κ3) is 3.04. The van der Waals surface area contributed by atoms with Crippen LogP contribution in [0.5, 0.6) is 0 Å². The van der Waals surface area contributed by atoms with E-state index in [1.807, 2.05) is 18.4 Å². The molecule has 0 aliphatic carbocycles. The van der Waals surface area contributed by atoms with Gasteiger partial charge < -0.3 is 5.32 Å². The Morgan fingerprint density at radius 3 is 3.06 bits per heavy atom. The van der Waals surface area contributed by atoms with Crippen LogP contribution in [0.3, 0.4) is 0 Å². The van der Waals surface area contributed by atoms with Crippen molar-refractivity contribution in [3.05, 3.63) is 50.8 Å². The average molecular weight is 263 g/mol. The monoisotopic (exact) mass is 263 g/mol. The third-order valence-electron chi connectivity index (χ3n) is 2.38. The SMILES string of the molecule is Cc1csc(C(=O)NCCn2cnccc2=O)c1. The summed E-state index contributed by atoms with van der Waals surface area (Å²) in [6.45, 7) is 2.77. The quantitative estimate of drug-likeness (QED) is 0.896. The predicted molar refractivity (Wildman–Crippen MR) is 69.9 cm³/mol. The van der Waals surface area contributed by atoms with Crippen molar-refractivity contribution >= 4 is 17.2 Å². The lowest BCUT2D eigenvalue weighted by Crippen LogP contribution is -2.30. The fraction of sp³-hybridized carbons (Fsp3) is 0.250. The number of nitrogens with one attached hydrogen (secondary N) is 1. The van der Waals surface area contributed by atoms with Gasteiger partial charge in [-0.3, -0.25) is 14.2 Å². The van der Waals surface area contributed by atoms with E-state index in [4.69, 9.17) is 0 Å². The molecular weight excluding hydrogens is 250 g/mol. The third-order valence-corrected chi connectivity index (χ3v) is 3.43. The van der Waals surface area contributed by atoms with Gasteiger partial charge in [-0.1, -0.05) is 0 Å². The highest BCUT2D eigenvalue weighted by molar-refractivity contribution is 7.12. The van der Waals surface area contributed by atoms with Crippen molar-refractivity contribution in [1.82, 2.24) is 14.9 Å². The largest absolute Gasteiger partial charge is 0.350 e. The normalized spacial score (nSPS) is 10.3. The summed E-state index contributed by atoms with van der Waals surface area (Å²) in [6.07, 6.45) is 2.91. The Bertz CT molecular complexity index is 603. The van der Waals surface area contributed by atoms with Crippen molar-refractivity contribution in [3.8, 4) is 0 Å².